The highest BCUT2D eigenvalue weighted by atomic mass is 32.1. The minimum atomic E-state index is -0.710. The zero-order valence-corrected chi connectivity index (χ0v) is 14.3. The first-order chi connectivity index (χ1) is 12.5. The molecule has 1 atom stereocenters. The molecule has 1 aliphatic heterocycles. The van der Waals surface area contributed by atoms with Gasteiger partial charge in [0.2, 0.25) is 11.7 Å². The van der Waals surface area contributed by atoms with Crippen molar-refractivity contribution in [3.05, 3.63) is 56.8 Å². The van der Waals surface area contributed by atoms with Crippen molar-refractivity contribution in [2.45, 2.75) is 6.42 Å². The van der Waals surface area contributed by atoms with Gasteiger partial charge in [-0.2, -0.15) is 0 Å². The Balaban J connectivity index is 1.62. The number of benzene rings is 1. The number of carbonyl (C=O) groups excluding carboxylic acids is 3. The Morgan fingerprint density at radius 3 is 2.81 bits per heavy atom. The maximum Gasteiger partial charge on any atom is 0.311 e. The number of Topliss-reactive ketones (excluding diaryl/α,β-unsaturated/α-hetero) is 1. The van der Waals surface area contributed by atoms with Crippen LogP contribution in [0.4, 0.5) is 11.4 Å². The van der Waals surface area contributed by atoms with Crippen LogP contribution in [0.25, 0.3) is 0 Å². The Morgan fingerprint density at radius 2 is 2.12 bits per heavy atom. The van der Waals surface area contributed by atoms with Gasteiger partial charge < -0.3 is 9.64 Å². The second kappa shape index (κ2) is 7.44. The van der Waals surface area contributed by atoms with Gasteiger partial charge in [0.25, 0.3) is 5.69 Å². The first-order valence-corrected chi connectivity index (χ1v) is 8.62. The van der Waals surface area contributed by atoms with Crippen molar-refractivity contribution in [2.24, 2.45) is 5.92 Å². The predicted molar refractivity (Wildman–Crippen MR) is 93.2 cm³/mol. The highest BCUT2D eigenvalue weighted by Gasteiger charge is 2.36. The number of anilines is 1. The van der Waals surface area contributed by atoms with Crippen LogP contribution in [0.1, 0.15) is 16.1 Å². The number of carbonyl (C=O) groups is 3. The summed E-state index contributed by atoms with van der Waals surface area (Å²) in [7, 11) is 0. The van der Waals surface area contributed by atoms with Gasteiger partial charge in [0.15, 0.2) is 6.61 Å². The number of nitro groups is 1. The molecule has 0 unspecified atom stereocenters. The molecule has 1 aliphatic rings. The Labute approximate surface area is 152 Å². The molecule has 0 aliphatic carbocycles. The smallest absolute Gasteiger partial charge is 0.311 e. The van der Waals surface area contributed by atoms with E-state index in [2.05, 4.69) is 0 Å². The van der Waals surface area contributed by atoms with E-state index in [9.17, 15) is 24.5 Å². The highest BCUT2D eigenvalue weighted by molar-refractivity contribution is 7.12. The summed E-state index contributed by atoms with van der Waals surface area (Å²) < 4.78 is 5.04. The van der Waals surface area contributed by atoms with Gasteiger partial charge in [-0.1, -0.05) is 12.1 Å². The van der Waals surface area contributed by atoms with Crippen LogP contribution in [0.3, 0.4) is 0 Å². The summed E-state index contributed by atoms with van der Waals surface area (Å²) in [6.45, 7) is -0.313. The SMILES string of the molecule is O=C(COC(=O)[C@H]1CC(=O)N(c2cccc([N+](=O)[O-])c2)C1)c1cccs1. The monoisotopic (exact) mass is 374 g/mol. The van der Waals surface area contributed by atoms with E-state index in [1.807, 2.05) is 0 Å². The Bertz CT molecular complexity index is 864. The summed E-state index contributed by atoms with van der Waals surface area (Å²) in [6.07, 6.45) is -0.0608. The van der Waals surface area contributed by atoms with Gasteiger partial charge in [-0.05, 0) is 17.5 Å². The van der Waals surface area contributed by atoms with E-state index < -0.39 is 16.8 Å². The van der Waals surface area contributed by atoms with Crippen molar-refractivity contribution in [2.75, 3.05) is 18.1 Å². The van der Waals surface area contributed by atoms with Crippen molar-refractivity contribution in [1.82, 2.24) is 0 Å². The van der Waals surface area contributed by atoms with Gasteiger partial charge in [0.1, 0.15) is 0 Å². The number of non-ortho nitro benzene ring substituents is 1. The molecular formula is C17H14N2O6S. The van der Waals surface area contributed by atoms with Crippen molar-refractivity contribution in [3.63, 3.8) is 0 Å². The summed E-state index contributed by atoms with van der Waals surface area (Å²) in [6, 6.07) is 9.03. The van der Waals surface area contributed by atoms with E-state index in [0.29, 0.717) is 10.6 Å². The van der Waals surface area contributed by atoms with Crippen LogP contribution in [0.15, 0.2) is 41.8 Å². The number of hydrogen-bond donors (Lipinski definition) is 0. The molecule has 0 radical (unpaired) electrons. The number of ketones is 1. The molecule has 0 spiro atoms. The van der Waals surface area contributed by atoms with E-state index in [4.69, 9.17) is 4.74 Å². The summed E-state index contributed by atoms with van der Waals surface area (Å²) in [5, 5.41) is 12.6. The summed E-state index contributed by atoms with van der Waals surface area (Å²) in [5.74, 6) is -1.96. The number of nitrogens with zero attached hydrogens (tertiary/aromatic N) is 2. The summed E-state index contributed by atoms with van der Waals surface area (Å²) in [5.41, 5.74) is 0.219. The van der Waals surface area contributed by atoms with E-state index >= 15 is 0 Å². The molecule has 2 heterocycles. The Hall–Kier alpha value is -3.07. The van der Waals surface area contributed by atoms with Crippen LogP contribution < -0.4 is 4.90 Å². The van der Waals surface area contributed by atoms with E-state index in [1.165, 1.54) is 34.4 Å². The van der Waals surface area contributed by atoms with E-state index in [-0.39, 0.29) is 37.0 Å². The number of nitro benzene ring substituents is 1. The van der Waals surface area contributed by atoms with Gasteiger partial charge in [-0.15, -0.1) is 11.3 Å². The van der Waals surface area contributed by atoms with Crippen LogP contribution in [0.5, 0.6) is 0 Å². The van der Waals surface area contributed by atoms with Crippen molar-refractivity contribution in [1.29, 1.82) is 0 Å². The van der Waals surface area contributed by atoms with Crippen LogP contribution in [0.2, 0.25) is 0 Å². The number of hydrogen-bond acceptors (Lipinski definition) is 7. The number of ether oxygens (including phenoxy) is 1. The Kier molecular flexibility index (Phi) is 5.08. The molecule has 8 nitrogen and oxygen atoms in total. The fourth-order valence-corrected chi connectivity index (χ4v) is 3.30. The highest BCUT2D eigenvalue weighted by Crippen LogP contribution is 2.28. The Morgan fingerprint density at radius 1 is 1.31 bits per heavy atom. The number of thiophene rings is 1. The molecule has 3 rings (SSSR count). The second-order valence-corrected chi connectivity index (χ2v) is 6.64. The topological polar surface area (TPSA) is 107 Å². The maximum absolute atomic E-state index is 12.2. The molecule has 0 saturated carbocycles. The third-order valence-corrected chi connectivity index (χ3v) is 4.86. The number of rotatable bonds is 6. The molecule has 9 heteroatoms. The number of esters is 1. The van der Waals surface area contributed by atoms with Crippen molar-refractivity contribution < 1.29 is 24.0 Å². The first-order valence-electron chi connectivity index (χ1n) is 7.74. The lowest BCUT2D eigenvalue weighted by atomic mass is 10.1. The molecule has 1 fully saturated rings. The quantitative estimate of drug-likeness (QED) is 0.333. The summed E-state index contributed by atoms with van der Waals surface area (Å²) >= 11 is 1.26. The average Bonchev–Trinajstić information content (AvgIpc) is 3.29. The molecule has 2 aromatic rings. The third-order valence-electron chi connectivity index (χ3n) is 3.95. The minimum absolute atomic E-state index is 0.0608. The fourth-order valence-electron chi connectivity index (χ4n) is 2.65. The van der Waals surface area contributed by atoms with E-state index in [1.54, 1.807) is 23.6 Å². The number of amides is 1. The van der Waals surface area contributed by atoms with Crippen LogP contribution in [-0.2, 0) is 14.3 Å². The van der Waals surface area contributed by atoms with Gasteiger partial charge in [-0.3, -0.25) is 24.5 Å². The molecule has 0 bridgehead atoms. The van der Waals surface area contributed by atoms with Gasteiger partial charge >= 0.3 is 5.97 Å². The fraction of sp³-hybridized carbons (Fsp3) is 0.235. The summed E-state index contributed by atoms with van der Waals surface area (Å²) in [4.78, 5) is 48.3. The van der Waals surface area contributed by atoms with Crippen LogP contribution in [-0.4, -0.2) is 35.7 Å². The van der Waals surface area contributed by atoms with Crippen molar-refractivity contribution >= 4 is 40.4 Å². The lowest BCUT2D eigenvalue weighted by molar-refractivity contribution is -0.384. The normalized spacial score (nSPS) is 16.5. The average molecular weight is 374 g/mol. The molecule has 1 amide bonds. The van der Waals surface area contributed by atoms with E-state index in [0.717, 1.165) is 0 Å². The molecule has 1 saturated heterocycles. The lowest BCUT2D eigenvalue weighted by Crippen LogP contribution is -2.27. The molecule has 1 aromatic heterocycles. The maximum atomic E-state index is 12.2. The predicted octanol–water partition coefficient (Wildman–Crippen LogP) is 2.44. The molecule has 0 N–H and O–H groups in total. The molecule has 26 heavy (non-hydrogen) atoms. The first kappa shape index (κ1) is 17.7. The molecule has 1 aromatic carbocycles. The van der Waals surface area contributed by atoms with Crippen LogP contribution in [0, 0.1) is 16.0 Å². The zero-order valence-electron chi connectivity index (χ0n) is 13.5. The minimum Gasteiger partial charge on any atom is -0.457 e. The largest absolute Gasteiger partial charge is 0.457 e. The third kappa shape index (κ3) is 3.77. The van der Waals surface area contributed by atoms with Crippen LogP contribution >= 0.6 is 11.3 Å². The van der Waals surface area contributed by atoms with Crippen molar-refractivity contribution in [3.8, 4) is 0 Å². The zero-order chi connectivity index (χ0) is 18.7. The molecular weight excluding hydrogens is 360 g/mol. The molecule has 134 valence electrons. The van der Waals surface area contributed by atoms with Gasteiger partial charge in [0, 0.05) is 25.1 Å². The van der Waals surface area contributed by atoms with Gasteiger partial charge in [0.05, 0.1) is 21.4 Å². The van der Waals surface area contributed by atoms with Gasteiger partial charge in [-0.25, -0.2) is 0 Å². The second-order valence-electron chi connectivity index (χ2n) is 5.69. The lowest BCUT2D eigenvalue weighted by Gasteiger charge is -2.16. The standard InChI is InChI=1S/C17H14N2O6S/c20-14(15-5-2-6-26-15)10-25-17(22)11-7-16(21)18(9-11)12-3-1-4-13(8-12)19(23)24/h1-6,8,11H,7,9-10H2/t11-/m0/s1.